The Hall–Kier alpha value is 0.230. The van der Waals surface area contributed by atoms with Crippen LogP contribution in [0.1, 0.15) is 26.2 Å². The Morgan fingerprint density at radius 2 is 2.12 bits per heavy atom. The Balaban J connectivity index is 1.78. The number of hydrogen-bond donors (Lipinski definition) is 1. The summed E-state index contributed by atoms with van der Waals surface area (Å²) in [5.41, 5.74) is 0. The molecule has 0 saturated carbocycles. The number of rotatable bonds is 9. The van der Waals surface area contributed by atoms with Gasteiger partial charge in [0.15, 0.2) is 0 Å². The number of thioether (sulfide) groups is 1. The third kappa shape index (κ3) is 6.74. The Morgan fingerprint density at radius 1 is 1.25 bits per heavy atom. The summed E-state index contributed by atoms with van der Waals surface area (Å²) in [6.07, 6.45) is 3.68. The van der Waals surface area contributed by atoms with Crippen LogP contribution in [0.2, 0.25) is 0 Å². The number of methoxy groups -OCH3 is 1. The van der Waals surface area contributed by atoms with Crippen molar-refractivity contribution in [3.8, 4) is 0 Å². The number of unbranched alkanes of at least 4 members (excludes halogenated alkanes) is 1. The van der Waals surface area contributed by atoms with Crippen molar-refractivity contribution in [1.82, 2.24) is 5.32 Å². The van der Waals surface area contributed by atoms with Crippen molar-refractivity contribution in [3.63, 3.8) is 0 Å². The average Bonchev–Trinajstić information content (AvgIpc) is 2.68. The minimum atomic E-state index is 0.704. The topological polar surface area (TPSA) is 30.5 Å². The summed E-state index contributed by atoms with van der Waals surface area (Å²) in [7, 11) is 1.70. The van der Waals surface area contributed by atoms with E-state index >= 15 is 0 Å². The van der Waals surface area contributed by atoms with Crippen LogP contribution in [0.25, 0.3) is 0 Å². The van der Waals surface area contributed by atoms with Crippen molar-refractivity contribution >= 4 is 11.8 Å². The summed E-state index contributed by atoms with van der Waals surface area (Å²) >= 11 is 2.08. The van der Waals surface area contributed by atoms with Gasteiger partial charge < -0.3 is 14.8 Å². The minimum Gasteiger partial charge on any atom is -0.382 e. The van der Waals surface area contributed by atoms with E-state index in [1.54, 1.807) is 7.11 Å². The lowest BCUT2D eigenvalue weighted by molar-refractivity contribution is 0.0687. The van der Waals surface area contributed by atoms with E-state index in [1.807, 2.05) is 0 Å². The Morgan fingerprint density at radius 3 is 2.81 bits per heavy atom. The molecule has 0 radical (unpaired) electrons. The molecule has 1 N–H and O–H groups in total. The molecule has 2 atom stereocenters. The average molecular weight is 247 g/mol. The van der Waals surface area contributed by atoms with Gasteiger partial charge in [-0.1, -0.05) is 6.92 Å². The molecule has 2 unspecified atom stereocenters. The van der Waals surface area contributed by atoms with Gasteiger partial charge in [0.05, 0.1) is 13.2 Å². The van der Waals surface area contributed by atoms with E-state index < -0.39 is 0 Å². The molecule has 0 spiro atoms. The smallest absolute Gasteiger partial charge is 0.0700 e. The molecular weight excluding hydrogens is 222 g/mol. The number of hydrogen-bond acceptors (Lipinski definition) is 4. The van der Waals surface area contributed by atoms with E-state index in [2.05, 4.69) is 24.0 Å². The molecule has 1 rings (SSSR count). The summed E-state index contributed by atoms with van der Waals surface area (Å²) in [4.78, 5) is 0. The molecule has 96 valence electrons. The van der Waals surface area contributed by atoms with E-state index in [4.69, 9.17) is 9.47 Å². The van der Waals surface area contributed by atoms with Crippen LogP contribution in [-0.4, -0.2) is 50.5 Å². The van der Waals surface area contributed by atoms with Gasteiger partial charge >= 0.3 is 0 Å². The van der Waals surface area contributed by atoms with Gasteiger partial charge in [-0.3, -0.25) is 0 Å². The van der Waals surface area contributed by atoms with Crippen LogP contribution in [0, 0.1) is 0 Å². The van der Waals surface area contributed by atoms with Crippen LogP contribution in [0.3, 0.4) is 0 Å². The van der Waals surface area contributed by atoms with E-state index in [0.29, 0.717) is 6.61 Å². The molecule has 0 amide bonds. The minimum absolute atomic E-state index is 0.704. The van der Waals surface area contributed by atoms with Crippen LogP contribution < -0.4 is 5.32 Å². The van der Waals surface area contributed by atoms with Crippen LogP contribution >= 0.6 is 11.8 Å². The molecule has 3 nitrogen and oxygen atoms in total. The lowest BCUT2D eigenvalue weighted by atomic mass is 10.2. The fourth-order valence-electron chi connectivity index (χ4n) is 1.84. The summed E-state index contributed by atoms with van der Waals surface area (Å²) in [5, 5.41) is 4.46. The molecule has 0 aromatic rings. The fraction of sp³-hybridized carbons (Fsp3) is 1.00. The predicted octanol–water partition coefficient (Wildman–Crippen LogP) is 1.91. The van der Waals surface area contributed by atoms with Crippen molar-refractivity contribution in [3.05, 3.63) is 0 Å². The van der Waals surface area contributed by atoms with Gasteiger partial charge in [0.2, 0.25) is 0 Å². The molecule has 0 aromatic carbocycles. The van der Waals surface area contributed by atoms with Gasteiger partial charge in [0.1, 0.15) is 0 Å². The lowest BCUT2D eigenvalue weighted by Gasteiger charge is -2.11. The maximum absolute atomic E-state index is 5.41. The maximum atomic E-state index is 5.41. The molecular formula is C12H25NO2S. The summed E-state index contributed by atoms with van der Waals surface area (Å²) in [5.74, 6) is 1.28. The third-order valence-corrected chi connectivity index (χ3v) is 4.13. The third-order valence-electron chi connectivity index (χ3n) is 2.78. The predicted molar refractivity (Wildman–Crippen MR) is 70.3 cm³/mol. The lowest BCUT2D eigenvalue weighted by Crippen LogP contribution is -2.30. The van der Waals surface area contributed by atoms with Gasteiger partial charge in [0, 0.05) is 30.8 Å². The highest BCUT2D eigenvalue weighted by Crippen LogP contribution is 2.25. The van der Waals surface area contributed by atoms with Crippen molar-refractivity contribution in [2.75, 3.05) is 39.2 Å². The Labute approximate surface area is 104 Å². The van der Waals surface area contributed by atoms with Gasteiger partial charge in [-0.05, 0) is 25.8 Å². The molecule has 0 bridgehead atoms. The Bertz CT molecular complexity index is 169. The van der Waals surface area contributed by atoms with Gasteiger partial charge in [-0.15, -0.1) is 0 Å². The zero-order chi connectivity index (χ0) is 11.6. The van der Waals surface area contributed by atoms with Crippen molar-refractivity contribution in [2.45, 2.75) is 37.5 Å². The highest BCUT2D eigenvalue weighted by Gasteiger charge is 2.20. The SMILES string of the molecule is COCCOCCCCNC1CSC(C)C1. The summed E-state index contributed by atoms with van der Waals surface area (Å²) in [6.45, 7) is 5.73. The normalized spacial score (nSPS) is 25.1. The van der Waals surface area contributed by atoms with Crippen LogP contribution in [0.15, 0.2) is 0 Å². The van der Waals surface area contributed by atoms with Gasteiger partial charge in [-0.2, -0.15) is 11.8 Å². The van der Waals surface area contributed by atoms with Crippen molar-refractivity contribution in [2.24, 2.45) is 0 Å². The van der Waals surface area contributed by atoms with Gasteiger partial charge in [-0.25, -0.2) is 0 Å². The fourth-order valence-corrected chi connectivity index (χ4v) is 3.02. The van der Waals surface area contributed by atoms with Crippen molar-refractivity contribution < 1.29 is 9.47 Å². The second-order valence-electron chi connectivity index (χ2n) is 4.34. The zero-order valence-electron chi connectivity index (χ0n) is 10.5. The van der Waals surface area contributed by atoms with Crippen LogP contribution in [0.4, 0.5) is 0 Å². The molecule has 1 aliphatic rings. The van der Waals surface area contributed by atoms with E-state index in [-0.39, 0.29) is 0 Å². The standard InChI is InChI=1S/C12H25NO2S/c1-11-9-12(10-16-11)13-5-3-4-6-15-8-7-14-2/h11-13H,3-10H2,1-2H3. The number of ether oxygens (including phenoxy) is 2. The first-order valence-electron chi connectivity index (χ1n) is 6.24. The Kier molecular flexibility index (Phi) is 8.29. The van der Waals surface area contributed by atoms with Crippen LogP contribution in [-0.2, 0) is 9.47 Å². The zero-order valence-corrected chi connectivity index (χ0v) is 11.4. The van der Waals surface area contributed by atoms with E-state index in [1.165, 1.54) is 18.6 Å². The molecule has 1 aliphatic heterocycles. The molecule has 1 saturated heterocycles. The molecule has 0 aromatic heterocycles. The highest BCUT2D eigenvalue weighted by atomic mass is 32.2. The van der Waals surface area contributed by atoms with E-state index in [9.17, 15) is 0 Å². The highest BCUT2D eigenvalue weighted by molar-refractivity contribution is 8.00. The second-order valence-corrected chi connectivity index (χ2v) is 5.81. The molecule has 0 aliphatic carbocycles. The first-order valence-corrected chi connectivity index (χ1v) is 7.29. The molecule has 1 heterocycles. The molecule has 4 heteroatoms. The first-order chi connectivity index (χ1) is 7.83. The van der Waals surface area contributed by atoms with Crippen LogP contribution in [0.5, 0.6) is 0 Å². The van der Waals surface area contributed by atoms with Crippen molar-refractivity contribution in [1.29, 1.82) is 0 Å². The first kappa shape index (κ1) is 14.3. The number of nitrogens with one attached hydrogen (secondary N) is 1. The maximum Gasteiger partial charge on any atom is 0.0700 e. The molecule has 16 heavy (non-hydrogen) atoms. The second kappa shape index (κ2) is 9.28. The monoisotopic (exact) mass is 247 g/mol. The van der Waals surface area contributed by atoms with Gasteiger partial charge in [0.25, 0.3) is 0 Å². The summed E-state index contributed by atoms with van der Waals surface area (Å²) < 4.78 is 10.3. The summed E-state index contributed by atoms with van der Waals surface area (Å²) in [6, 6.07) is 0.745. The quantitative estimate of drug-likeness (QED) is 0.631. The van der Waals surface area contributed by atoms with E-state index in [0.717, 1.165) is 37.5 Å². The largest absolute Gasteiger partial charge is 0.382 e. The molecule has 1 fully saturated rings.